The molecule has 1 spiro atoms. The summed E-state index contributed by atoms with van der Waals surface area (Å²) in [5, 5.41) is 3.68. The van der Waals surface area contributed by atoms with Crippen molar-refractivity contribution in [2.75, 3.05) is 13.6 Å². The van der Waals surface area contributed by atoms with Crippen molar-refractivity contribution in [2.24, 2.45) is 0 Å². The number of ether oxygens (including phenoxy) is 1. The molecule has 4 nitrogen and oxygen atoms in total. The van der Waals surface area contributed by atoms with Crippen LogP contribution in [0.15, 0.2) is 78.9 Å². The molecule has 3 aromatic carbocycles. The van der Waals surface area contributed by atoms with Crippen LogP contribution in [0.5, 0.6) is 5.75 Å². The van der Waals surface area contributed by atoms with Gasteiger partial charge in [0.1, 0.15) is 17.9 Å². The number of amides is 1. The molecule has 2 aliphatic rings. The predicted octanol–water partition coefficient (Wildman–Crippen LogP) is 4.96. The Kier molecular flexibility index (Phi) is 5.24. The van der Waals surface area contributed by atoms with Gasteiger partial charge in [-0.05, 0) is 48.1 Å². The molecule has 3 aromatic rings. The molecule has 0 saturated carbocycles. The van der Waals surface area contributed by atoms with Crippen LogP contribution in [0.3, 0.4) is 0 Å². The average Bonchev–Trinajstić information content (AvgIpc) is 3.38. The number of hydrogen-bond donors (Lipinski definition) is 1. The maximum atomic E-state index is 12.7. The van der Waals surface area contributed by atoms with E-state index in [0.717, 1.165) is 48.2 Å². The van der Waals surface area contributed by atoms with E-state index in [1.54, 1.807) is 0 Å². The quantitative estimate of drug-likeness (QED) is 0.644. The van der Waals surface area contributed by atoms with Gasteiger partial charge in [-0.1, -0.05) is 66.7 Å². The highest BCUT2D eigenvalue weighted by molar-refractivity contribution is 5.88. The molecule has 2 heterocycles. The number of benzene rings is 3. The van der Waals surface area contributed by atoms with Crippen molar-refractivity contribution >= 4 is 5.91 Å². The Bertz CT molecular complexity index is 1080. The second-order valence-electron chi connectivity index (χ2n) is 8.69. The third-order valence-electron chi connectivity index (χ3n) is 6.66. The Morgan fingerprint density at radius 3 is 2.61 bits per heavy atom. The monoisotopic (exact) mass is 412 g/mol. The summed E-state index contributed by atoms with van der Waals surface area (Å²) in [6, 6.07) is 27.3. The topological polar surface area (TPSA) is 41.6 Å². The van der Waals surface area contributed by atoms with E-state index in [1.807, 2.05) is 48.3 Å². The number of hydrogen-bond acceptors (Lipinski definition) is 3. The first kappa shape index (κ1) is 19.8. The lowest BCUT2D eigenvalue weighted by atomic mass is 9.95. The molecule has 0 aromatic heterocycles. The molecule has 2 aliphatic heterocycles. The van der Waals surface area contributed by atoms with E-state index < -0.39 is 0 Å². The van der Waals surface area contributed by atoms with Crippen molar-refractivity contribution < 1.29 is 9.53 Å². The van der Waals surface area contributed by atoms with Gasteiger partial charge in [-0.3, -0.25) is 10.1 Å². The van der Waals surface area contributed by atoms with Crippen LogP contribution >= 0.6 is 0 Å². The van der Waals surface area contributed by atoms with E-state index >= 15 is 0 Å². The van der Waals surface area contributed by atoms with Gasteiger partial charge in [0.2, 0.25) is 5.91 Å². The Morgan fingerprint density at radius 2 is 1.81 bits per heavy atom. The van der Waals surface area contributed by atoms with Crippen molar-refractivity contribution in [1.82, 2.24) is 10.2 Å². The van der Waals surface area contributed by atoms with E-state index in [9.17, 15) is 4.79 Å². The number of rotatable bonds is 5. The first-order valence-corrected chi connectivity index (χ1v) is 11.0. The summed E-state index contributed by atoms with van der Waals surface area (Å²) >= 11 is 0. The molecule has 2 unspecified atom stereocenters. The molecule has 0 bridgehead atoms. The summed E-state index contributed by atoms with van der Waals surface area (Å²) in [5.74, 6) is 1.12. The van der Waals surface area contributed by atoms with Crippen LogP contribution in [-0.4, -0.2) is 29.9 Å². The molecule has 2 saturated heterocycles. The number of nitrogens with zero attached hydrogens (tertiary/aromatic N) is 1. The molecule has 158 valence electrons. The van der Waals surface area contributed by atoms with E-state index in [1.165, 1.54) is 5.56 Å². The zero-order valence-electron chi connectivity index (χ0n) is 17.9. The summed E-state index contributed by atoms with van der Waals surface area (Å²) in [6.45, 7) is 1.38. The maximum Gasteiger partial charge on any atom is 0.242 e. The first-order valence-electron chi connectivity index (χ1n) is 11.0. The molecule has 0 radical (unpaired) electrons. The third kappa shape index (κ3) is 3.84. The predicted molar refractivity (Wildman–Crippen MR) is 123 cm³/mol. The van der Waals surface area contributed by atoms with Gasteiger partial charge in [-0.25, -0.2) is 0 Å². The summed E-state index contributed by atoms with van der Waals surface area (Å²) in [7, 11) is 1.90. The van der Waals surface area contributed by atoms with Crippen molar-refractivity contribution in [1.29, 1.82) is 0 Å². The Labute approximate surface area is 183 Å². The van der Waals surface area contributed by atoms with E-state index in [-0.39, 0.29) is 17.5 Å². The number of carbonyl (C=O) groups is 1. The summed E-state index contributed by atoms with van der Waals surface area (Å²) in [6.07, 6.45) is 2.78. The smallest absolute Gasteiger partial charge is 0.242 e. The minimum atomic E-state index is -0.369. The fourth-order valence-corrected chi connectivity index (χ4v) is 4.91. The standard InChI is InChI=1S/C27H28N2O2/c1-29-17-16-27(26(29)30)15-14-24(28-27)22-11-7-10-21(18-22)23-12-5-6-13-25(23)31-19-20-8-3-2-4-9-20/h2-13,18,24,28H,14-17,19H2,1H3. The molecule has 4 heteroatoms. The van der Waals surface area contributed by atoms with E-state index in [4.69, 9.17) is 4.74 Å². The minimum Gasteiger partial charge on any atom is -0.488 e. The number of likely N-dealkylation sites (N-methyl/N-ethyl adjacent to an activating group) is 1. The summed E-state index contributed by atoms with van der Waals surface area (Å²) < 4.78 is 6.18. The van der Waals surface area contributed by atoms with Crippen LogP contribution in [0, 0.1) is 0 Å². The molecule has 2 atom stereocenters. The van der Waals surface area contributed by atoms with Gasteiger partial charge in [-0.15, -0.1) is 0 Å². The second kappa shape index (κ2) is 8.20. The lowest BCUT2D eigenvalue weighted by Crippen LogP contribution is -2.47. The highest BCUT2D eigenvalue weighted by Gasteiger charge is 2.49. The molecule has 1 N–H and O–H groups in total. The van der Waals surface area contributed by atoms with Crippen LogP contribution < -0.4 is 10.1 Å². The van der Waals surface area contributed by atoms with E-state index in [2.05, 4.69) is 47.8 Å². The SMILES string of the molecule is CN1CCC2(CCC(c3cccc(-c4ccccc4OCc4ccccc4)c3)N2)C1=O. The average molecular weight is 413 g/mol. The fraction of sp³-hybridized carbons (Fsp3) is 0.296. The molecule has 31 heavy (non-hydrogen) atoms. The van der Waals surface area contributed by atoms with Gasteiger partial charge in [0.05, 0.1) is 0 Å². The lowest BCUT2D eigenvalue weighted by Gasteiger charge is -2.23. The number of nitrogens with one attached hydrogen (secondary N) is 1. The van der Waals surface area contributed by atoms with Gasteiger partial charge >= 0.3 is 0 Å². The number of carbonyl (C=O) groups excluding carboxylic acids is 1. The van der Waals surface area contributed by atoms with E-state index in [0.29, 0.717) is 6.61 Å². The highest BCUT2D eigenvalue weighted by atomic mass is 16.5. The van der Waals surface area contributed by atoms with Crippen molar-refractivity contribution in [2.45, 2.75) is 37.5 Å². The van der Waals surface area contributed by atoms with Gasteiger partial charge in [0.15, 0.2) is 0 Å². The number of likely N-dealkylation sites (tertiary alicyclic amines) is 1. The van der Waals surface area contributed by atoms with Crippen molar-refractivity contribution in [3.63, 3.8) is 0 Å². The summed E-state index contributed by atoms with van der Waals surface area (Å²) in [5.41, 5.74) is 4.24. The first-order chi connectivity index (χ1) is 15.1. The van der Waals surface area contributed by atoms with Gasteiger partial charge < -0.3 is 9.64 Å². The van der Waals surface area contributed by atoms with Crippen molar-refractivity contribution in [3.8, 4) is 16.9 Å². The zero-order valence-corrected chi connectivity index (χ0v) is 17.9. The zero-order chi connectivity index (χ0) is 21.3. The maximum absolute atomic E-state index is 12.7. The molecule has 0 aliphatic carbocycles. The second-order valence-corrected chi connectivity index (χ2v) is 8.69. The largest absolute Gasteiger partial charge is 0.488 e. The fourth-order valence-electron chi connectivity index (χ4n) is 4.91. The van der Waals surface area contributed by atoms with Crippen LogP contribution in [-0.2, 0) is 11.4 Å². The van der Waals surface area contributed by atoms with Crippen LogP contribution in [0.4, 0.5) is 0 Å². The normalized spacial score (nSPS) is 22.9. The van der Waals surface area contributed by atoms with Gasteiger partial charge in [-0.2, -0.15) is 0 Å². The Balaban J connectivity index is 1.37. The Hall–Kier alpha value is -3.11. The molecular formula is C27H28N2O2. The molecule has 1 amide bonds. The lowest BCUT2D eigenvalue weighted by molar-refractivity contribution is -0.131. The number of para-hydroxylation sites is 1. The van der Waals surface area contributed by atoms with Gasteiger partial charge in [0, 0.05) is 25.2 Å². The van der Waals surface area contributed by atoms with Crippen LogP contribution in [0.25, 0.3) is 11.1 Å². The third-order valence-corrected chi connectivity index (χ3v) is 6.66. The van der Waals surface area contributed by atoms with Crippen LogP contribution in [0.2, 0.25) is 0 Å². The molecule has 5 rings (SSSR count). The van der Waals surface area contributed by atoms with Gasteiger partial charge in [0.25, 0.3) is 0 Å². The minimum absolute atomic E-state index is 0.202. The summed E-state index contributed by atoms with van der Waals surface area (Å²) in [4.78, 5) is 14.5. The Morgan fingerprint density at radius 1 is 1.00 bits per heavy atom. The molecule has 2 fully saturated rings. The van der Waals surface area contributed by atoms with Crippen molar-refractivity contribution in [3.05, 3.63) is 90.0 Å². The molecular weight excluding hydrogens is 384 g/mol. The van der Waals surface area contributed by atoms with Crippen LogP contribution in [0.1, 0.15) is 36.4 Å². The highest BCUT2D eigenvalue weighted by Crippen LogP contribution is 2.40.